The minimum absolute atomic E-state index is 0.785. The van der Waals surface area contributed by atoms with Crippen LogP contribution in [0.4, 0.5) is 5.69 Å². The van der Waals surface area contributed by atoms with Gasteiger partial charge < -0.3 is 14.8 Å². The van der Waals surface area contributed by atoms with E-state index in [1.165, 1.54) is 11.3 Å². The minimum Gasteiger partial charge on any atom is -0.362 e. The first-order chi connectivity index (χ1) is 9.28. The van der Waals surface area contributed by atoms with E-state index >= 15 is 0 Å². The third-order valence-electron chi connectivity index (χ3n) is 3.49. The number of aromatic nitrogens is 2. The molecule has 0 unspecified atom stereocenters. The number of imidazole rings is 1. The van der Waals surface area contributed by atoms with Crippen molar-refractivity contribution in [2.24, 2.45) is 0 Å². The zero-order valence-corrected chi connectivity index (χ0v) is 11.7. The number of hydrogen-bond acceptors (Lipinski definition) is 3. The highest BCUT2D eigenvalue weighted by atomic mass is 35.5. The van der Waals surface area contributed by atoms with Crippen LogP contribution in [-0.4, -0.2) is 23.1 Å². The molecule has 3 rings (SSSR count). The quantitative estimate of drug-likeness (QED) is 0.934. The van der Waals surface area contributed by atoms with Crippen molar-refractivity contribution in [2.45, 2.75) is 19.6 Å². The van der Waals surface area contributed by atoms with Crippen LogP contribution in [0.3, 0.4) is 0 Å². The standard InChI is InChI=1S/C14H17ClN4/c1-16-9-11-8-12(15)2-3-13(11)19-7-6-18-5-4-17-14(18)10-19/h2-5,8,16H,6-7,9-10H2,1H3. The molecule has 19 heavy (non-hydrogen) atoms. The summed E-state index contributed by atoms with van der Waals surface area (Å²) in [5.74, 6) is 1.12. The van der Waals surface area contributed by atoms with E-state index in [0.29, 0.717) is 0 Å². The maximum absolute atomic E-state index is 6.09. The van der Waals surface area contributed by atoms with Gasteiger partial charge in [0.2, 0.25) is 0 Å². The fourth-order valence-corrected chi connectivity index (χ4v) is 2.77. The molecule has 0 radical (unpaired) electrons. The molecule has 100 valence electrons. The summed E-state index contributed by atoms with van der Waals surface area (Å²) in [6.45, 7) is 3.66. The Morgan fingerprint density at radius 3 is 3.11 bits per heavy atom. The van der Waals surface area contributed by atoms with E-state index in [1.54, 1.807) is 0 Å². The van der Waals surface area contributed by atoms with Gasteiger partial charge in [-0.05, 0) is 30.8 Å². The summed E-state index contributed by atoms with van der Waals surface area (Å²) < 4.78 is 2.21. The fraction of sp³-hybridized carbons (Fsp3) is 0.357. The van der Waals surface area contributed by atoms with Crippen molar-refractivity contribution in [1.82, 2.24) is 14.9 Å². The van der Waals surface area contributed by atoms with Crippen LogP contribution in [0.2, 0.25) is 5.02 Å². The summed E-state index contributed by atoms with van der Waals surface area (Å²) in [5, 5.41) is 3.98. The highest BCUT2D eigenvalue weighted by Gasteiger charge is 2.18. The average Bonchev–Trinajstić information content (AvgIpc) is 2.86. The Balaban J connectivity index is 1.90. The second kappa shape index (κ2) is 5.23. The van der Waals surface area contributed by atoms with Gasteiger partial charge in [0.15, 0.2) is 0 Å². The summed E-state index contributed by atoms with van der Waals surface area (Å²) in [7, 11) is 1.95. The fourth-order valence-electron chi connectivity index (χ4n) is 2.57. The maximum atomic E-state index is 6.09. The Kier molecular flexibility index (Phi) is 3.44. The highest BCUT2D eigenvalue weighted by molar-refractivity contribution is 6.30. The molecule has 5 heteroatoms. The Labute approximate surface area is 118 Å². The number of fused-ring (bicyclic) bond motifs is 1. The van der Waals surface area contributed by atoms with Crippen molar-refractivity contribution in [3.8, 4) is 0 Å². The number of anilines is 1. The maximum Gasteiger partial charge on any atom is 0.128 e. The minimum atomic E-state index is 0.785. The summed E-state index contributed by atoms with van der Waals surface area (Å²) in [5.41, 5.74) is 2.48. The van der Waals surface area contributed by atoms with Gasteiger partial charge in [-0.15, -0.1) is 0 Å². The van der Waals surface area contributed by atoms with Crippen molar-refractivity contribution in [1.29, 1.82) is 0 Å². The first-order valence-corrected chi connectivity index (χ1v) is 6.83. The van der Waals surface area contributed by atoms with Gasteiger partial charge >= 0.3 is 0 Å². The van der Waals surface area contributed by atoms with E-state index < -0.39 is 0 Å². The van der Waals surface area contributed by atoms with E-state index in [2.05, 4.69) is 25.8 Å². The molecule has 1 aliphatic heterocycles. The summed E-state index contributed by atoms with van der Waals surface area (Å²) in [6.07, 6.45) is 3.91. The molecular weight excluding hydrogens is 260 g/mol. The number of rotatable bonds is 3. The first kappa shape index (κ1) is 12.5. The highest BCUT2D eigenvalue weighted by Crippen LogP contribution is 2.27. The van der Waals surface area contributed by atoms with E-state index in [1.807, 2.05) is 31.6 Å². The van der Waals surface area contributed by atoms with Crippen LogP contribution in [0.25, 0.3) is 0 Å². The predicted octanol–water partition coefficient (Wildman–Crippen LogP) is 2.28. The Hall–Kier alpha value is -1.52. The molecule has 0 spiro atoms. The number of halogens is 1. The Morgan fingerprint density at radius 2 is 2.26 bits per heavy atom. The molecule has 0 atom stereocenters. The second-order valence-corrected chi connectivity index (χ2v) is 5.20. The number of nitrogens with one attached hydrogen (secondary N) is 1. The zero-order valence-electron chi connectivity index (χ0n) is 10.9. The second-order valence-electron chi connectivity index (χ2n) is 4.76. The molecule has 0 saturated heterocycles. The van der Waals surface area contributed by atoms with Gasteiger partial charge in [-0.3, -0.25) is 0 Å². The Bertz CT molecular complexity index is 579. The summed E-state index contributed by atoms with van der Waals surface area (Å²) in [4.78, 5) is 6.77. The van der Waals surface area contributed by atoms with E-state index in [9.17, 15) is 0 Å². The summed E-state index contributed by atoms with van der Waals surface area (Å²) in [6, 6.07) is 6.10. The van der Waals surface area contributed by atoms with Crippen LogP contribution in [-0.2, 0) is 19.6 Å². The molecule has 4 nitrogen and oxygen atoms in total. The van der Waals surface area contributed by atoms with Crippen molar-refractivity contribution < 1.29 is 0 Å². The van der Waals surface area contributed by atoms with Crippen LogP contribution in [0, 0.1) is 0 Å². The van der Waals surface area contributed by atoms with E-state index in [4.69, 9.17) is 11.6 Å². The molecule has 1 aromatic carbocycles. The molecular formula is C14H17ClN4. The normalized spacial score (nSPS) is 14.5. The van der Waals surface area contributed by atoms with Gasteiger partial charge in [0.1, 0.15) is 5.82 Å². The van der Waals surface area contributed by atoms with Gasteiger partial charge in [0.05, 0.1) is 6.54 Å². The lowest BCUT2D eigenvalue weighted by Crippen LogP contribution is -2.34. The van der Waals surface area contributed by atoms with Crippen LogP contribution in [0.1, 0.15) is 11.4 Å². The molecule has 2 aromatic rings. The lowest BCUT2D eigenvalue weighted by Gasteiger charge is -2.31. The third kappa shape index (κ3) is 2.46. The van der Waals surface area contributed by atoms with Gasteiger partial charge in [-0.2, -0.15) is 0 Å². The average molecular weight is 277 g/mol. The van der Waals surface area contributed by atoms with E-state index in [-0.39, 0.29) is 0 Å². The molecule has 1 aliphatic rings. The molecule has 0 aliphatic carbocycles. The van der Waals surface area contributed by atoms with Crippen molar-refractivity contribution in [3.63, 3.8) is 0 Å². The molecule has 1 aromatic heterocycles. The molecule has 0 bridgehead atoms. The molecule has 0 saturated carbocycles. The number of nitrogens with zero attached hydrogens (tertiary/aromatic N) is 3. The van der Waals surface area contributed by atoms with Crippen LogP contribution >= 0.6 is 11.6 Å². The smallest absolute Gasteiger partial charge is 0.128 e. The van der Waals surface area contributed by atoms with Crippen molar-refractivity contribution >= 4 is 17.3 Å². The Morgan fingerprint density at radius 1 is 1.37 bits per heavy atom. The monoisotopic (exact) mass is 276 g/mol. The summed E-state index contributed by atoms with van der Waals surface area (Å²) >= 11 is 6.09. The molecule has 1 N–H and O–H groups in total. The molecule has 0 amide bonds. The third-order valence-corrected chi connectivity index (χ3v) is 3.73. The van der Waals surface area contributed by atoms with E-state index in [0.717, 1.165) is 37.0 Å². The van der Waals surface area contributed by atoms with Gasteiger partial charge in [0, 0.05) is 42.7 Å². The topological polar surface area (TPSA) is 33.1 Å². The molecule has 0 fully saturated rings. The largest absolute Gasteiger partial charge is 0.362 e. The lowest BCUT2D eigenvalue weighted by molar-refractivity contribution is 0.558. The van der Waals surface area contributed by atoms with Gasteiger partial charge in [-0.25, -0.2) is 4.98 Å². The molecule has 2 heterocycles. The van der Waals surface area contributed by atoms with Gasteiger partial charge in [-0.1, -0.05) is 11.6 Å². The van der Waals surface area contributed by atoms with Gasteiger partial charge in [0.25, 0.3) is 0 Å². The van der Waals surface area contributed by atoms with Crippen molar-refractivity contribution in [3.05, 3.63) is 47.0 Å². The zero-order chi connectivity index (χ0) is 13.2. The lowest BCUT2D eigenvalue weighted by atomic mass is 10.1. The predicted molar refractivity (Wildman–Crippen MR) is 77.5 cm³/mol. The first-order valence-electron chi connectivity index (χ1n) is 6.46. The van der Waals surface area contributed by atoms with Crippen LogP contribution < -0.4 is 10.2 Å². The SMILES string of the molecule is CNCc1cc(Cl)ccc1N1CCn2ccnc2C1. The van der Waals surface area contributed by atoms with Crippen LogP contribution in [0.15, 0.2) is 30.6 Å². The van der Waals surface area contributed by atoms with Crippen molar-refractivity contribution in [2.75, 3.05) is 18.5 Å². The number of benzene rings is 1. The van der Waals surface area contributed by atoms with Crippen LogP contribution in [0.5, 0.6) is 0 Å². The number of hydrogen-bond donors (Lipinski definition) is 1.